The second-order valence-corrected chi connectivity index (χ2v) is 10.4. The van der Waals surface area contributed by atoms with Gasteiger partial charge in [0.05, 0.1) is 0 Å². The third-order valence-corrected chi connectivity index (χ3v) is 8.52. The van der Waals surface area contributed by atoms with Gasteiger partial charge in [-0.2, -0.15) is 11.8 Å². The first-order valence-electron chi connectivity index (χ1n) is 10.7. The molecule has 1 aliphatic heterocycles. The summed E-state index contributed by atoms with van der Waals surface area (Å²) in [6.07, 6.45) is 13.5. The van der Waals surface area contributed by atoms with Crippen LogP contribution in [0.4, 0.5) is 0 Å². The van der Waals surface area contributed by atoms with Crippen molar-refractivity contribution in [2.45, 2.75) is 93.9 Å². The maximum Gasteiger partial charge on any atom is 0.121 e. The van der Waals surface area contributed by atoms with Gasteiger partial charge in [-0.15, -0.1) is 11.8 Å². The lowest BCUT2D eigenvalue weighted by atomic mass is 9.97. The van der Waals surface area contributed by atoms with Crippen molar-refractivity contribution in [1.82, 2.24) is 0 Å². The lowest BCUT2D eigenvalue weighted by Gasteiger charge is -2.26. The number of nitrogens with zero attached hydrogens (tertiary/aromatic N) is 1. The lowest BCUT2D eigenvalue weighted by Crippen LogP contribution is -2.26. The number of unbranched alkanes of at least 4 members (excludes halogenated alkanes) is 5. The van der Waals surface area contributed by atoms with Gasteiger partial charge in [0.15, 0.2) is 0 Å². The minimum absolute atomic E-state index is 0.350. The van der Waals surface area contributed by atoms with Gasteiger partial charge in [0, 0.05) is 16.2 Å². The minimum atomic E-state index is 0.350. The van der Waals surface area contributed by atoms with E-state index in [9.17, 15) is 0 Å². The van der Waals surface area contributed by atoms with Crippen molar-refractivity contribution in [3.05, 3.63) is 35.4 Å². The van der Waals surface area contributed by atoms with Crippen LogP contribution in [0.5, 0.6) is 0 Å². The standard InChI is InChI=1S/C23H35NS2/c1-3-5-6-7-8-9-16-25-20-14-15-21-22(17-20)26-23(24-21)19-12-10-18(4-2)11-13-19/h10-13,20,22-23H,3-9,14-17H2,1-2H3. The molecule has 1 fully saturated rings. The van der Waals surface area contributed by atoms with E-state index in [1.807, 2.05) is 0 Å². The van der Waals surface area contributed by atoms with Crippen LogP contribution in [-0.4, -0.2) is 22.0 Å². The molecular weight excluding hydrogens is 354 g/mol. The van der Waals surface area contributed by atoms with Crippen LogP contribution in [-0.2, 0) is 6.42 Å². The monoisotopic (exact) mass is 389 g/mol. The van der Waals surface area contributed by atoms with Gasteiger partial charge in [0.1, 0.15) is 5.37 Å². The summed E-state index contributed by atoms with van der Waals surface area (Å²) in [4.78, 5) is 5.08. The number of thioether (sulfide) groups is 2. The molecule has 0 saturated heterocycles. The number of aliphatic imine (C=N–C) groups is 1. The molecule has 1 aromatic rings. The molecule has 2 aliphatic rings. The van der Waals surface area contributed by atoms with E-state index in [2.05, 4.69) is 61.6 Å². The van der Waals surface area contributed by atoms with Crippen molar-refractivity contribution in [3.63, 3.8) is 0 Å². The molecule has 0 N–H and O–H groups in total. The first kappa shape index (κ1) is 20.3. The molecule has 26 heavy (non-hydrogen) atoms. The van der Waals surface area contributed by atoms with E-state index < -0.39 is 0 Å². The van der Waals surface area contributed by atoms with E-state index in [4.69, 9.17) is 4.99 Å². The smallest absolute Gasteiger partial charge is 0.121 e. The van der Waals surface area contributed by atoms with E-state index in [0.29, 0.717) is 10.6 Å². The molecule has 0 radical (unpaired) electrons. The van der Waals surface area contributed by atoms with Crippen LogP contribution >= 0.6 is 23.5 Å². The molecule has 3 atom stereocenters. The second kappa shape index (κ2) is 10.8. The van der Waals surface area contributed by atoms with Crippen LogP contribution < -0.4 is 0 Å². The maximum atomic E-state index is 5.08. The fourth-order valence-corrected chi connectivity index (χ4v) is 6.88. The quantitative estimate of drug-likeness (QED) is 0.385. The minimum Gasteiger partial charge on any atom is -0.274 e. The first-order chi connectivity index (χ1) is 12.8. The Morgan fingerprint density at radius 2 is 1.81 bits per heavy atom. The van der Waals surface area contributed by atoms with Gasteiger partial charge in [-0.05, 0) is 49.0 Å². The molecule has 0 aromatic heterocycles. The highest BCUT2D eigenvalue weighted by atomic mass is 32.2. The Kier molecular flexibility index (Phi) is 8.45. The number of hydrogen-bond donors (Lipinski definition) is 0. The molecule has 3 rings (SSSR count). The second-order valence-electron chi connectivity index (χ2n) is 7.73. The summed E-state index contributed by atoms with van der Waals surface area (Å²) in [7, 11) is 0. The first-order valence-corrected chi connectivity index (χ1v) is 12.7. The lowest BCUT2D eigenvalue weighted by molar-refractivity contribution is 0.625. The maximum absolute atomic E-state index is 5.08. The highest BCUT2D eigenvalue weighted by Gasteiger charge is 2.35. The van der Waals surface area contributed by atoms with Crippen molar-refractivity contribution < 1.29 is 0 Å². The molecule has 3 unspecified atom stereocenters. The molecule has 1 aromatic carbocycles. The third kappa shape index (κ3) is 5.79. The molecule has 1 heterocycles. The number of benzene rings is 1. The van der Waals surface area contributed by atoms with E-state index in [1.54, 1.807) is 0 Å². The zero-order chi connectivity index (χ0) is 18.2. The molecule has 144 valence electrons. The largest absolute Gasteiger partial charge is 0.274 e. The van der Waals surface area contributed by atoms with E-state index >= 15 is 0 Å². The predicted octanol–water partition coefficient (Wildman–Crippen LogP) is 7.45. The van der Waals surface area contributed by atoms with Crippen molar-refractivity contribution in [3.8, 4) is 0 Å². The average molecular weight is 390 g/mol. The molecule has 1 nitrogen and oxygen atoms in total. The highest BCUT2D eigenvalue weighted by molar-refractivity contribution is 8.01. The Morgan fingerprint density at radius 1 is 1.04 bits per heavy atom. The summed E-state index contributed by atoms with van der Waals surface area (Å²) in [5.74, 6) is 1.36. The summed E-state index contributed by atoms with van der Waals surface area (Å²) >= 11 is 4.34. The Bertz CT molecular complexity index is 566. The van der Waals surface area contributed by atoms with Crippen molar-refractivity contribution >= 4 is 29.2 Å². The van der Waals surface area contributed by atoms with Crippen LogP contribution in [0.1, 0.15) is 88.1 Å². The Labute approximate surface area is 169 Å². The number of fused-ring (bicyclic) bond motifs is 1. The van der Waals surface area contributed by atoms with E-state index in [0.717, 1.165) is 11.7 Å². The highest BCUT2D eigenvalue weighted by Crippen LogP contribution is 2.46. The SMILES string of the molecule is CCCCCCCCSC1CCC2=NC(c3ccc(CC)cc3)SC2C1. The van der Waals surface area contributed by atoms with Crippen LogP contribution in [0.25, 0.3) is 0 Å². The summed E-state index contributed by atoms with van der Waals surface area (Å²) in [5.41, 5.74) is 4.31. The molecule has 0 amide bonds. The fourth-order valence-electron chi connectivity index (χ4n) is 3.94. The normalized spacial score (nSPS) is 25.2. The van der Waals surface area contributed by atoms with E-state index in [-0.39, 0.29) is 0 Å². The summed E-state index contributed by atoms with van der Waals surface area (Å²) in [5, 5.41) is 1.90. The van der Waals surface area contributed by atoms with Gasteiger partial charge in [-0.1, -0.05) is 70.2 Å². The summed E-state index contributed by atoms with van der Waals surface area (Å²) < 4.78 is 0. The topological polar surface area (TPSA) is 12.4 Å². The zero-order valence-corrected chi connectivity index (χ0v) is 18.2. The van der Waals surface area contributed by atoms with Crippen LogP contribution in [0.2, 0.25) is 0 Å². The van der Waals surface area contributed by atoms with Gasteiger partial charge in [-0.25, -0.2) is 0 Å². The Morgan fingerprint density at radius 3 is 2.58 bits per heavy atom. The van der Waals surface area contributed by atoms with Crippen LogP contribution in [0, 0.1) is 0 Å². The van der Waals surface area contributed by atoms with Crippen molar-refractivity contribution in [1.29, 1.82) is 0 Å². The van der Waals surface area contributed by atoms with Crippen molar-refractivity contribution in [2.24, 2.45) is 4.99 Å². The number of aryl methyl sites for hydroxylation is 1. The predicted molar refractivity (Wildman–Crippen MR) is 121 cm³/mol. The van der Waals surface area contributed by atoms with Crippen molar-refractivity contribution in [2.75, 3.05) is 5.75 Å². The molecule has 0 spiro atoms. The molecule has 1 aliphatic carbocycles. The van der Waals surface area contributed by atoms with Crippen LogP contribution in [0.15, 0.2) is 29.3 Å². The molecule has 3 heteroatoms. The van der Waals surface area contributed by atoms with Gasteiger partial charge in [0.25, 0.3) is 0 Å². The zero-order valence-electron chi connectivity index (χ0n) is 16.6. The van der Waals surface area contributed by atoms with Gasteiger partial charge in [-0.3, -0.25) is 4.99 Å². The Hall–Kier alpha value is -0.410. The summed E-state index contributed by atoms with van der Waals surface area (Å²) in [6.45, 7) is 4.51. The average Bonchev–Trinajstić information content (AvgIpc) is 3.11. The van der Waals surface area contributed by atoms with Crippen LogP contribution in [0.3, 0.4) is 0 Å². The number of rotatable bonds is 10. The summed E-state index contributed by atoms with van der Waals surface area (Å²) in [6, 6.07) is 9.14. The van der Waals surface area contributed by atoms with E-state index in [1.165, 1.54) is 80.4 Å². The fraction of sp³-hybridized carbons (Fsp3) is 0.696. The van der Waals surface area contributed by atoms with Gasteiger partial charge in [0.2, 0.25) is 0 Å². The van der Waals surface area contributed by atoms with Gasteiger partial charge >= 0.3 is 0 Å². The molecular formula is C23H35NS2. The number of hydrogen-bond acceptors (Lipinski definition) is 3. The van der Waals surface area contributed by atoms with Gasteiger partial charge < -0.3 is 0 Å². The third-order valence-electron chi connectivity index (χ3n) is 5.67. The molecule has 0 bridgehead atoms. The molecule has 1 saturated carbocycles. The Balaban J connectivity index is 1.39.